The highest BCUT2D eigenvalue weighted by Crippen LogP contribution is 2.43. The number of fused-ring (bicyclic) bond motifs is 3. The lowest BCUT2D eigenvalue weighted by Crippen LogP contribution is -2.43. The lowest BCUT2D eigenvalue weighted by atomic mass is 9.69. The van der Waals surface area contributed by atoms with Gasteiger partial charge in [0.1, 0.15) is 0 Å². The van der Waals surface area contributed by atoms with Gasteiger partial charge in [0.25, 0.3) is 5.91 Å². The summed E-state index contributed by atoms with van der Waals surface area (Å²) < 4.78 is 12.7. The predicted molar refractivity (Wildman–Crippen MR) is 173 cm³/mol. The molecule has 9 nitrogen and oxygen atoms in total. The van der Waals surface area contributed by atoms with E-state index < -0.39 is 11.0 Å². The maximum Gasteiger partial charge on any atom is 0.260 e. The summed E-state index contributed by atoms with van der Waals surface area (Å²) in [6.45, 7) is 16.7. The van der Waals surface area contributed by atoms with Gasteiger partial charge in [-0.2, -0.15) is 0 Å². The van der Waals surface area contributed by atoms with Crippen LogP contribution in [0.1, 0.15) is 77.7 Å². The first-order valence-corrected chi connectivity index (χ1v) is 15.3. The van der Waals surface area contributed by atoms with Crippen LogP contribution in [-0.4, -0.2) is 69.0 Å². The Hall–Kier alpha value is -3.69. The Kier molecular flexibility index (Phi) is 8.18. The molecule has 9 heteroatoms. The van der Waals surface area contributed by atoms with Crippen molar-refractivity contribution >= 4 is 28.2 Å². The number of nitrogens with one attached hydrogen (secondary N) is 1. The lowest BCUT2D eigenvalue weighted by molar-refractivity contribution is -0.0577. The van der Waals surface area contributed by atoms with Crippen molar-refractivity contribution in [3.05, 3.63) is 60.1 Å². The first kappa shape index (κ1) is 31.7. The van der Waals surface area contributed by atoms with E-state index in [4.69, 9.17) is 9.47 Å². The summed E-state index contributed by atoms with van der Waals surface area (Å²) in [5.41, 5.74) is 2.59. The van der Waals surface area contributed by atoms with E-state index in [-0.39, 0.29) is 36.0 Å². The van der Waals surface area contributed by atoms with Gasteiger partial charge in [0.05, 0.1) is 47.1 Å². The number of anilines is 1. The Morgan fingerprint density at radius 3 is 2.18 bits per heavy atom. The van der Waals surface area contributed by atoms with Crippen LogP contribution in [0.3, 0.4) is 0 Å². The zero-order valence-corrected chi connectivity index (χ0v) is 27.2. The molecule has 2 aromatic carbocycles. The van der Waals surface area contributed by atoms with Crippen LogP contribution in [0.25, 0.3) is 16.6 Å². The third kappa shape index (κ3) is 6.00. The lowest BCUT2D eigenvalue weighted by Gasteiger charge is -2.40. The summed E-state index contributed by atoms with van der Waals surface area (Å²) in [6.07, 6.45) is 6.01. The van der Waals surface area contributed by atoms with E-state index >= 15 is 0 Å². The molecule has 0 bridgehead atoms. The molecule has 44 heavy (non-hydrogen) atoms. The smallest absolute Gasteiger partial charge is 0.260 e. The highest BCUT2D eigenvalue weighted by atomic mass is 16.5. The van der Waals surface area contributed by atoms with Crippen molar-refractivity contribution in [2.24, 2.45) is 16.2 Å². The van der Waals surface area contributed by atoms with Crippen molar-refractivity contribution in [1.82, 2.24) is 14.9 Å². The fourth-order valence-electron chi connectivity index (χ4n) is 5.01. The van der Waals surface area contributed by atoms with E-state index in [1.165, 1.54) is 0 Å². The van der Waals surface area contributed by atoms with E-state index in [0.29, 0.717) is 42.3 Å². The second-order valence-electron chi connectivity index (χ2n) is 14.7. The molecule has 0 radical (unpaired) electrons. The van der Waals surface area contributed by atoms with Gasteiger partial charge in [-0.25, -0.2) is 0 Å². The quantitative estimate of drug-likeness (QED) is 0.262. The van der Waals surface area contributed by atoms with Gasteiger partial charge in [-0.3, -0.25) is 14.8 Å². The minimum atomic E-state index is -0.997. The Labute approximate surface area is 260 Å². The number of carbonyl (C=O) groups excluding carboxylic acids is 1. The van der Waals surface area contributed by atoms with E-state index in [9.17, 15) is 15.0 Å². The number of carbonyl (C=O) groups is 1. The second kappa shape index (κ2) is 11.3. The van der Waals surface area contributed by atoms with Crippen LogP contribution in [-0.2, 0) is 0 Å². The van der Waals surface area contributed by atoms with E-state index in [0.717, 1.165) is 22.2 Å². The summed E-state index contributed by atoms with van der Waals surface area (Å²) in [5.74, 6) is 0.822. The molecule has 3 heterocycles. The third-order valence-electron chi connectivity index (χ3n) is 10.1. The molecule has 3 N–H and O–H groups in total. The van der Waals surface area contributed by atoms with Crippen molar-refractivity contribution in [3.63, 3.8) is 0 Å². The summed E-state index contributed by atoms with van der Waals surface area (Å²) >= 11 is 0. The third-order valence-corrected chi connectivity index (χ3v) is 10.1. The number of aliphatic hydroxyl groups is 2. The largest absolute Gasteiger partial charge is 0.489 e. The number of nitrogens with zero attached hydrogens (tertiary/aromatic N) is 3. The van der Waals surface area contributed by atoms with Crippen LogP contribution < -0.4 is 14.8 Å². The fourth-order valence-corrected chi connectivity index (χ4v) is 5.01. The van der Waals surface area contributed by atoms with Gasteiger partial charge in [-0.05, 0) is 55.0 Å². The van der Waals surface area contributed by atoms with Crippen LogP contribution >= 0.6 is 0 Å². The van der Waals surface area contributed by atoms with Crippen LogP contribution in [0.5, 0.6) is 11.5 Å². The van der Waals surface area contributed by atoms with Crippen LogP contribution in [0.2, 0.25) is 0 Å². The van der Waals surface area contributed by atoms with E-state index in [2.05, 4.69) is 29.1 Å². The number of aliphatic hydroxyl groups excluding tert-OH is 1. The Morgan fingerprint density at radius 1 is 0.886 bits per heavy atom. The molecule has 5 rings (SSSR count). The van der Waals surface area contributed by atoms with Gasteiger partial charge in [-0.15, -0.1) is 0 Å². The van der Waals surface area contributed by atoms with Crippen LogP contribution in [0.15, 0.2) is 48.9 Å². The first-order valence-electron chi connectivity index (χ1n) is 15.3. The highest BCUT2D eigenvalue weighted by Gasteiger charge is 2.40. The van der Waals surface area contributed by atoms with Gasteiger partial charge < -0.3 is 29.9 Å². The summed E-state index contributed by atoms with van der Waals surface area (Å²) in [7, 11) is 0. The topological polar surface area (TPSA) is 117 Å². The number of aromatic nitrogens is 2. The SMILES string of the molecule is CC(C)(O)C(C)(C)COc1cc2c(cc1OCC(C)(C)C(C)(C)CO)NCC1CC(c3ccc4nccnc4c3)=CN1C2=O. The van der Waals surface area contributed by atoms with E-state index in [1.807, 2.05) is 63.1 Å². The van der Waals surface area contributed by atoms with Crippen molar-refractivity contribution in [1.29, 1.82) is 0 Å². The van der Waals surface area contributed by atoms with Crippen molar-refractivity contribution in [3.8, 4) is 11.5 Å². The predicted octanol–water partition coefficient (Wildman–Crippen LogP) is 5.91. The minimum absolute atomic E-state index is 0.0199. The van der Waals surface area contributed by atoms with E-state index in [1.54, 1.807) is 32.3 Å². The monoisotopic (exact) mass is 602 g/mol. The molecule has 3 aromatic rings. The molecule has 1 amide bonds. The molecule has 236 valence electrons. The molecule has 1 unspecified atom stereocenters. The fraction of sp³-hybridized carbons (Fsp3) is 0.514. The second-order valence-corrected chi connectivity index (χ2v) is 14.7. The van der Waals surface area contributed by atoms with Gasteiger partial charge in [0.15, 0.2) is 11.5 Å². The average Bonchev–Trinajstić information content (AvgIpc) is 3.36. The maximum atomic E-state index is 14.1. The number of ether oxygens (including phenoxy) is 2. The van der Waals surface area contributed by atoms with Gasteiger partial charge in [0.2, 0.25) is 0 Å². The molecule has 0 aliphatic carbocycles. The molecule has 0 saturated heterocycles. The van der Waals surface area contributed by atoms with Crippen molar-refractivity contribution in [2.75, 3.05) is 31.7 Å². The van der Waals surface area contributed by atoms with Gasteiger partial charge in [0, 0.05) is 48.6 Å². The summed E-state index contributed by atoms with van der Waals surface area (Å²) in [4.78, 5) is 24.7. The number of benzene rings is 2. The molecule has 0 saturated carbocycles. The molecular weight excluding hydrogens is 556 g/mol. The molecule has 0 fully saturated rings. The zero-order chi connectivity index (χ0) is 32.1. The number of rotatable bonds is 10. The summed E-state index contributed by atoms with van der Waals surface area (Å²) in [6, 6.07) is 9.54. The highest BCUT2D eigenvalue weighted by molar-refractivity contribution is 6.03. The van der Waals surface area contributed by atoms with Crippen molar-refractivity contribution < 1.29 is 24.5 Å². The molecule has 0 spiro atoms. The Balaban J connectivity index is 1.47. The van der Waals surface area contributed by atoms with Crippen LogP contribution in [0.4, 0.5) is 5.69 Å². The number of hydrogen-bond acceptors (Lipinski definition) is 8. The first-order chi connectivity index (χ1) is 20.5. The molecule has 1 aromatic heterocycles. The number of amides is 1. The standard InChI is InChI=1S/C35H46N4O5/c1-32(2,19-40)33(3,4)20-43-30-16-27-25(15-29(30)44-21-34(5,6)35(7,8)42)31(41)39-18-23(13-24(39)17-38-27)22-9-10-26-28(14-22)37-12-11-36-26/h9-12,14-16,18,24,38,40,42H,13,17,19-21H2,1-8H3. The average molecular weight is 603 g/mol. The normalized spacial score (nSPS) is 17.5. The Bertz CT molecular complexity index is 1590. The molecular formula is C35H46N4O5. The van der Waals surface area contributed by atoms with Gasteiger partial charge in [-0.1, -0.05) is 47.6 Å². The molecule has 1 atom stereocenters. The molecule has 2 aliphatic heterocycles. The van der Waals surface area contributed by atoms with Crippen LogP contribution in [0, 0.1) is 16.2 Å². The van der Waals surface area contributed by atoms with Gasteiger partial charge >= 0.3 is 0 Å². The summed E-state index contributed by atoms with van der Waals surface area (Å²) in [5, 5.41) is 24.2. The maximum absolute atomic E-state index is 14.1. The molecule has 2 aliphatic rings. The number of hydrogen-bond donors (Lipinski definition) is 3. The van der Waals surface area contributed by atoms with Crippen molar-refractivity contribution in [2.45, 2.75) is 73.5 Å². The zero-order valence-electron chi connectivity index (χ0n) is 27.2. The minimum Gasteiger partial charge on any atom is -0.489 e. The Morgan fingerprint density at radius 2 is 1.52 bits per heavy atom.